The largest absolute Gasteiger partial charge is 0.379 e. The monoisotopic (exact) mass is 289 g/mol. The number of rotatable bonds is 16. The summed E-state index contributed by atoms with van der Waals surface area (Å²) in [5, 5.41) is 0. The van der Waals surface area contributed by atoms with E-state index in [1.165, 1.54) is 6.42 Å². The first-order chi connectivity index (χ1) is 9.81. The summed E-state index contributed by atoms with van der Waals surface area (Å²) in [5.74, 6) is 0. The minimum absolute atomic E-state index is 0.0224. The summed E-state index contributed by atoms with van der Waals surface area (Å²) in [6.45, 7) is 13.2. The lowest BCUT2D eigenvalue weighted by Gasteiger charge is -2.13. The Balaban J connectivity index is 3.10. The molecular weight excluding hydrogens is 256 g/mol. The fraction of sp³-hybridized carbons (Fsp3) is 0.938. The quantitative estimate of drug-likeness (QED) is 0.409. The molecular formula is C16H33O4. The molecule has 4 heteroatoms. The van der Waals surface area contributed by atoms with Gasteiger partial charge in [-0.25, -0.2) is 0 Å². The van der Waals surface area contributed by atoms with Crippen LogP contribution in [0.1, 0.15) is 46.0 Å². The van der Waals surface area contributed by atoms with E-state index in [-0.39, 0.29) is 6.10 Å². The normalized spacial score (nSPS) is 12.8. The summed E-state index contributed by atoms with van der Waals surface area (Å²) >= 11 is 0. The minimum atomic E-state index is -0.0224. The molecule has 0 aromatic rings. The van der Waals surface area contributed by atoms with Gasteiger partial charge in [-0.05, 0) is 26.2 Å². The minimum Gasteiger partial charge on any atom is -0.379 e. The zero-order valence-corrected chi connectivity index (χ0v) is 13.4. The molecule has 0 aliphatic heterocycles. The molecule has 0 aromatic carbocycles. The van der Waals surface area contributed by atoms with Crippen LogP contribution < -0.4 is 0 Å². The van der Waals surface area contributed by atoms with Crippen molar-refractivity contribution in [3.63, 3.8) is 0 Å². The van der Waals surface area contributed by atoms with Gasteiger partial charge in [0.1, 0.15) is 0 Å². The van der Waals surface area contributed by atoms with Gasteiger partial charge in [0.05, 0.1) is 32.5 Å². The van der Waals surface area contributed by atoms with Gasteiger partial charge in [-0.15, -0.1) is 0 Å². The predicted octanol–water partition coefficient (Wildman–Crippen LogP) is 3.25. The number of hydrogen-bond acceptors (Lipinski definition) is 4. The van der Waals surface area contributed by atoms with Crippen LogP contribution >= 0.6 is 0 Å². The average molecular weight is 289 g/mol. The standard InChI is InChI=1S/C16H33O4/c1-4-6-9-17-12-13-19-11-8-16(3)20-15-14-18-10-7-5-2/h16H,3-15H2,1-2H3. The van der Waals surface area contributed by atoms with Gasteiger partial charge in [-0.2, -0.15) is 0 Å². The Morgan fingerprint density at radius 2 is 1.20 bits per heavy atom. The molecule has 0 spiro atoms. The molecule has 0 saturated carbocycles. The van der Waals surface area contributed by atoms with Gasteiger partial charge in [0, 0.05) is 19.8 Å². The van der Waals surface area contributed by atoms with Gasteiger partial charge in [-0.3, -0.25) is 0 Å². The Morgan fingerprint density at radius 1 is 0.700 bits per heavy atom. The Kier molecular flexibility index (Phi) is 16.8. The van der Waals surface area contributed by atoms with Crippen LogP contribution in [0.3, 0.4) is 0 Å². The molecule has 0 aromatic heterocycles. The highest BCUT2D eigenvalue weighted by atomic mass is 16.5. The molecule has 0 N–H and O–H groups in total. The molecule has 1 atom stereocenters. The van der Waals surface area contributed by atoms with Crippen molar-refractivity contribution in [1.82, 2.24) is 0 Å². The van der Waals surface area contributed by atoms with Crippen molar-refractivity contribution in [2.45, 2.75) is 52.1 Å². The number of unbranched alkanes of at least 4 members (excludes halogenated alkanes) is 2. The summed E-state index contributed by atoms with van der Waals surface area (Å²) in [7, 11) is 0. The van der Waals surface area contributed by atoms with E-state index in [2.05, 4.69) is 20.8 Å². The number of hydrogen-bond donors (Lipinski definition) is 0. The summed E-state index contributed by atoms with van der Waals surface area (Å²) in [5.41, 5.74) is 0. The van der Waals surface area contributed by atoms with Gasteiger partial charge >= 0.3 is 0 Å². The van der Waals surface area contributed by atoms with Gasteiger partial charge in [0.25, 0.3) is 0 Å². The van der Waals surface area contributed by atoms with Crippen molar-refractivity contribution >= 4 is 0 Å². The zero-order chi connectivity index (χ0) is 14.9. The first-order valence-electron chi connectivity index (χ1n) is 7.99. The Bertz CT molecular complexity index is 176. The molecule has 4 nitrogen and oxygen atoms in total. The highest BCUT2D eigenvalue weighted by Gasteiger charge is 2.02. The fourth-order valence-electron chi connectivity index (χ4n) is 1.49. The van der Waals surface area contributed by atoms with Crippen molar-refractivity contribution in [3.8, 4) is 0 Å². The van der Waals surface area contributed by atoms with Crippen LogP contribution in [0.4, 0.5) is 0 Å². The van der Waals surface area contributed by atoms with Gasteiger partial charge < -0.3 is 18.9 Å². The predicted molar refractivity (Wildman–Crippen MR) is 82.0 cm³/mol. The van der Waals surface area contributed by atoms with Crippen LogP contribution in [-0.4, -0.2) is 52.4 Å². The second-order valence-electron chi connectivity index (χ2n) is 4.83. The molecule has 121 valence electrons. The fourth-order valence-corrected chi connectivity index (χ4v) is 1.49. The maximum Gasteiger partial charge on any atom is 0.0704 e. The average Bonchev–Trinajstić information content (AvgIpc) is 2.45. The zero-order valence-electron chi connectivity index (χ0n) is 13.4. The van der Waals surface area contributed by atoms with E-state index in [1.54, 1.807) is 0 Å². The SMILES string of the molecule is [CH2]C(CCOCCOCCCC)OCCOCCCC. The first kappa shape index (κ1) is 19.8. The van der Waals surface area contributed by atoms with E-state index >= 15 is 0 Å². The summed E-state index contributed by atoms with van der Waals surface area (Å²) in [4.78, 5) is 0. The van der Waals surface area contributed by atoms with Crippen LogP contribution in [0.15, 0.2) is 0 Å². The van der Waals surface area contributed by atoms with Crippen LogP contribution in [0.25, 0.3) is 0 Å². The van der Waals surface area contributed by atoms with Crippen molar-refractivity contribution in [3.05, 3.63) is 6.92 Å². The lowest BCUT2D eigenvalue weighted by molar-refractivity contribution is -0.00166. The molecule has 20 heavy (non-hydrogen) atoms. The van der Waals surface area contributed by atoms with Crippen LogP contribution in [0, 0.1) is 6.92 Å². The van der Waals surface area contributed by atoms with E-state index in [4.69, 9.17) is 18.9 Å². The Labute approximate surface area is 125 Å². The van der Waals surface area contributed by atoms with Crippen LogP contribution in [0.2, 0.25) is 0 Å². The summed E-state index contributed by atoms with van der Waals surface area (Å²) in [6, 6.07) is 0. The maximum absolute atomic E-state index is 5.53. The van der Waals surface area contributed by atoms with Crippen molar-refractivity contribution < 1.29 is 18.9 Å². The van der Waals surface area contributed by atoms with E-state index in [0.717, 1.165) is 38.9 Å². The molecule has 0 fully saturated rings. The molecule has 0 rings (SSSR count). The summed E-state index contributed by atoms with van der Waals surface area (Å²) < 4.78 is 21.8. The van der Waals surface area contributed by atoms with Gasteiger partial charge in [0.2, 0.25) is 0 Å². The van der Waals surface area contributed by atoms with E-state index in [1.807, 2.05) is 0 Å². The molecule has 0 saturated heterocycles. The van der Waals surface area contributed by atoms with Crippen LogP contribution in [0.5, 0.6) is 0 Å². The van der Waals surface area contributed by atoms with Crippen molar-refractivity contribution in [2.75, 3.05) is 46.2 Å². The molecule has 1 radical (unpaired) electrons. The smallest absolute Gasteiger partial charge is 0.0704 e. The highest BCUT2D eigenvalue weighted by Crippen LogP contribution is 1.98. The van der Waals surface area contributed by atoms with Crippen molar-refractivity contribution in [2.24, 2.45) is 0 Å². The molecule has 0 amide bonds. The third-order valence-corrected chi connectivity index (χ3v) is 2.82. The second kappa shape index (κ2) is 16.9. The van der Waals surface area contributed by atoms with Crippen LogP contribution in [-0.2, 0) is 18.9 Å². The highest BCUT2D eigenvalue weighted by molar-refractivity contribution is 4.59. The molecule has 0 aliphatic carbocycles. The van der Waals surface area contributed by atoms with E-state index < -0.39 is 0 Å². The first-order valence-corrected chi connectivity index (χ1v) is 7.99. The molecule has 0 aliphatic rings. The Morgan fingerprint density at radius 3 is 1.75 bits per heavy atom. The molecule has 0 heterocycles. The third-order valence-electron chi connectivity index (χ3n) is 2.82. The molecule has 1 unspecified atom stereocenters. The second-order valence-corrected chi connectivity index (χ2v) is 4.83. The summed E-state index contributed by atoms with van der Waals surface area (Å²) in [6.07, 6.45) is 5.36. The lowest BCUT2D eigenvalue weighted by atomic mass is 10.3. The van der Waals surface area contributed by atoms with Crippen molar-refractivity contribution in [1.29, 1.82) is 0 Å². The molecule has 0 bridgehead atoms. The van der Waals surface area contributed by atoms with Gasteiger partial charge in [0.15, 0.2) is 0 Å². The van der Waals surface area contributed by atoms with Gasteiger partial charge in [-0.1, -0.05) is 26.7 Å². The third kappa shape index (κ3) is 15.9. The lowest BCUT2D eigenvalue weighted by Crippen LogP contribution is -2.16. The maximum atomic E-state index is 5.53. The number of ether oxygens (including phenoxy) is 4. The topological polar surface area (TPSA) is 36.9 Å². The Hall–Kier alpha value is -0.160. The van der Waals surface area contributed by atoms with E-state index in [9.17, 15) is 0 Å². The van der Waals surface area contributed by atoms with E-state index in [0.29, 0.717) is 33.0 Å².